The number of rotatable bonds is 6. The third-order valence-corrected chi connectivity index (χ3v) is 5.14. The van der Waals surface area contributed by atoms with Crippen molar-refractivity contribution in [3.8, 4) is 5.75 Å². The zero-order valence-electron chi connectivity index (χ0n) is 14.2. The molecule has 3 aromatic rings. The number of aromatic nitrogens is 2. The molecular weight excluding hydrogens is 538 g/mol. The second-order valence-electron chi connectivity index (χ2n) is 5.59. The lowest BCUT2D eigenvalue weighted by molar-refractivity contribution is -0.385. The number of hydrogen-bond acceptors (Lipinski definition) is 5. The molecule has 0 spiro atoms. The number of nitro benzene ring substituents is 1. The molecule has 0 aliphatic carbocycles. The average molecular weight is 549 g/mol. The normalized spacial score (nSPS) is 10.6. The molecule has 0 radical (unpaired) electrons. The van der Waals surface area contributed by atoms with E-state index in [2.05, 4.69) is 42.3 Å². The van der Waals surface area contributed by atoms with Crippen molar-refractivity contribution < 1.29 is 18.8 Å². The van der Waals surface area contributed by atoms with Gasteiger partial charge in [0.1, 0.15) is 11.6 Å². The molecule has 1 heterocycles. The van der Waals surface area contributed by atoms with Gasteiger partial charge in [-0.1, -0.05) is 11.6 Å². The average Bonchev–Trinajstić information content (AvgIpc) is 3.14. The number of carbonyl (C=O) groups is 1. The van der Waals surface area contributed by atoms with Gasteiger partial charge in [-0.05, 0) is 50.1 Å². The standard InChI is InChI=1S/C17H10Br2ClFN4O4/c18-11-5-9(25(27)28)6-12(19)16(11)22-17(26)15-3-4-24(23-15)8-29-10-1-2-14(21)13(20)7-10/h1-7H,8H2,(H,22,26). The number of nitro groups is 1. The summed E-state index contributed by atoms with van der Waals surface area (Å²) in [5.41, 5.74) is 0.291. The first-order chi connectivity index (χ1) is 13.7. The van der Waals surface area contributed by atoms with Gasteiger partial charge >= 0.3 is 0 Å². The van der Waals surface area contributed by atoms with E-state index >= 15 is 0 Å². The van der Waals surface area contributed by atoms with E-state index in [1.165, 1.54) is 47.3 Å². The van der Waals surface area contributed by atoms with Gasteiger partial charge in [0, 0.05) is 33.3 Å². The van der Waals surface area contributed by atoms with Crippen LogP contribution in [0.3, 0.4) is 0 Å². The van der Waals surface area contributed by atoms with E-state index in [9.17, 15) is 19.3 Å². The molecule has 0 unspecified atom stereocenters. The lowest BCUT2D eigenvalue weighted by Gasteiger charge is -2.09. The Bertz CT molecular complexity index is 1090. The van der Waals surface area contributed by atoms with Crippen LogP contribution in [0, 0.1) is 15.9 Å². The van der Waals surface area contributed by atoms with Crippen LogP contribution in [0.1, 0.15) is 10.5 Å². The molecule has 0 bridgehead atoms. The fourth-order valence-electron chi connectivity index (χ4n) is 2.22. The number of benzene rings is 2. The molecule has 8 nitrogen and oxygen atoms in total. The second kappa shape index (κ2) is 8.89. The highest BCUT2D eigenvalue weighted by Crippen LogP contribution is 2.35. The van der Waals surface area contributed by atoms with Crippen LogP contribution in [-0.4, -0.2) is 20.6 Å². The zero-order chi connectivity index (χ0) is 21.1. The molecule has 29 heavy (non-hydrogen) atoms. The van der Waals surface area contributed by atoms with Gasteiger partial charge in [0.25, 0.3) is 11.6 Å². The predicted molar refractivity (Wildman–Crippen MR) is 111 cm³/mol. The minimum atomic E-state index is -0.555. The minimum absolute atomic E-state index is 0.0276. The van der Waals surface area contributed by atoms with Gasteiger partial charge < -0.3 is 10.1 Å². The SMILES string of the molecule is O=C(Nc1c(Br)cc([N+](=O)[O-])cc1Br)c1ccn(COc2ccc(F)c(Cl)c2)n1. The fraction of sp³-hybridized carbons (Fsp3) is 0.0588. The molecule has 150 valence electrons. The Morgan fingerprint density at radius 3 is 2.59 bits per heavy atom. The van der Waals surface area contributed by atoms with Gasteiger partial charge in [-0.3, -0.25) is 14.9 Å². The lowest BCUT2D eigenvalue weighted by Crippen LogP contribution is -2.15. The summed E-state index contributed by atoms with van der Waals surface area (Å²) >= 11 is 12.1. The summed E-state index contributed by atoms with van der Waals surface area (Å²) in [6.45, 7) is -0.0276. The van der Waals surface area contributed by atoms with Crippen LogP contribution in [0.25, 0.3) is 0 Å². The maximum Gasteiger partial charge on any atom is 0.276 e. The Morgan fingerprint density at radius 1 is 1.28 bits per heavy atom. The lowest BCUT2D eigenvalue weighted by atomic mass is 10.2. The van der Waals surface area contributed by atoms with Crippen molar-refractivity contribution >= 4 is 60.7 Å². The smallest absolute Gasteiger partial charge is 0.276 e. The summed E-state index contributed by atoms with van der Waals surface area (Å²) in [7, 11) is 0. The van der Waals surface area contributed by atoms with Crippen molar-refractivity contribution in [2.75, 3.05) is 5.32 Å². The molecular formula is C17H10Br2ClFN4O4. The molecule has 12 heteroatoms. The van der Waals surface area contributed by atoms with Crippen molar-refractivity contribution in [3.63, 3.8) is 0 Å². The van der Waals surface area contributed by atoms with E-state index < -0.39 is 16.6 Å². The van der Waals surface area contributed by atoms with Gasteiger partial charge in [-0.25, -0.2) is 9.07 Å². The van der Waals surface area contributed by atoms with Crippen molar-refractivity contribution in [2.45, 2.75) is 6.73 Å². The van der Waals surface area contributed by atoms with Gasteiger partial charge in [0.05, 0.1) is 15.6 Å². The molecule has 1 amide bonds. The van der Waals surface area contributed by atoms with Crippen LogP contribution in [0.15, 0.2) is 51.5 Å². The topological polar surface area (TPSA) is 99.3 Å². The number of carbonyl (C=O) groups excluding carboxylic acids is 1. The van der Waals surface area contributed by atoms with Crippen LogP contribution in [-0.2, 0) is 6.73 Å². The van der Waals surface area contributed by atoms with Crippen molar-refractivity contribution in [1.82, 2.24) is 9.78 Å². The molecule has 0 atom stereocenters. The highest BCUT2D eigenvalue weighted by Gasteiger charge is 2.18. The summed E-state index contributed by atoms with van der Waals surface area (Å²) in [5.74, 6) is -0.735. The number of non-ortho nitro benzene ring substituents is 1. The van der Waals surface area contributed by atoms with E-state index in [0.29, 0.717) is 20.4 Å². The maximum absolute atomic E-state index is 13.2. The van der Waals surface area contributed by atoms with Crippen LogP contribution >= 0.6 is 43.5 Å². The number of ether oxygens (including phenoxy) is 1. The molecule has 0 fully saturated rings. The Hall–Kier alpha value is -2.50. The van der Waals surface area contributed by atoms with Crippen LogP contribution in [0.5, 0.6) is 5.75 Å². The monoisotopic (exact) mass is 546 g/mol. The third-order valence-electron chi connectivity index (χ3n) is 3.60. The largest absolute Gasteiger partial charge is 0.471 e. The van der Waals surface area contributed by atoms with E-state index in [1.807, 2.05) is 0 Å². The van der Waals surface area contributed by atoms with E-state index in [-0.39, 0.29) is 23.1 Å². The second-order valence-corrected chi connectivity index (χ2v) is 7.70. The number of nitrogens with one attached hydrogen (secondary N) is 1. The van der Waals surface area contributed by atoms with E-state index in [0.717, 1.165) is 0 Å². The number of amides is 1. The summed E-state index contributed by atoms with van der Waals surface area (Å²) in [4.78, 5) is 22.8. The van der Waals surface area contributed by atoms with Crippen LogP contribution in [0.4, 0.5) is 15.8 Å². The quantitative estimate of drug-likeness (QED) is 0.329. The predicted octanol–water partition coefficient (Wildman–Crippen LogP) is 5.40. The molecule has 1 aromatic heterocycles. The van der Waals surface area contributed by atoms with Crippen molar-refractivity contribution in [2.24, 2.45) is 0 Å². The van der Waals surface area contributed by atoms with E-state index in [4.69, 9.17) is 16.3 Å². The summed E-state index contributed by atoms with van der Waals surface area (Å²) in [6, 6.07) is 7.96. The minimum Gasteiger partial charge on any atom is -0.471 e. The first kappa shape index (κ1) is 21.2. The van der Waals surface area contributed by atoms with Crippen LogP contribution < -0.4 is 10.1 Å². The first-order valence-corrected chi connectivity index (χ1v) is 9.77. The van der Waals surface area contributed by atoms with Gasteiger partial charge in [-0.2, -0.15) is 5.10 Å². The molecule has 1 N–H and O–H groups in total. The van der Waals surface area contributed by atoms with Gasteiger partial charge in [-0.15, -0.1) is 0 Å². The molecule has 0 aliphatic heterocycles. The Kier molecular flexibility index (Phi) is 6.50. The molecule has 0 aliphatic rings. The Balaban J connectivity index is 1.68. The highest BCUT2D eigenvalue weighted by molar-refractivity contribution is 9.11. The molecule has 3 rings (SSSR count). The summed E-state index contributed by atoms with van der Waals surface area (Å²) < 4.78 is 20.7. The molecule has 2 aromatic carbocycles. The first-order valence-electron chi connectivity index (χ1n) is 7.80. The number of hydrogen-bond donors (Lipinski definition) is 1. The Morgan fingerprint density at radius 2 is 1.97 bits per heavy atom. The molecule has 0 saturated heterocycles. The van der Waals surface area contributed by atoms with Crippen molar-refractivity contribution in [1.29, 1.82) is 0 Å². The Labute approximate surface area is 185 Å². The van der Waals surface area contributed by atoms with Crippen LogP contribution in [0.2, 0.25) is 5.02 Å². The summed E-state index contributed by atoms with van der Waals surface area (Å²) in [5, 5.41) is 17.6. The van der Waals surface area contributed by atoms with Crippen molar-refractivity contribution in [3.05, 3.63) is 78.2 Å². The third kappa shape index (κ3) is 5.11. The summed E-state index contributed by atoms with van der Waals surface area (Å²) in [6.07, 6.45) is 1.53. The van der Waals surface area contributed by atoms with Gasteiger partial charge in [0.2, 0.25) is 0 Å². The number of nitrogens with zero attached hydrogens (tertiary/aromatic N) is 3. The molecule has 0 saturated carbocycles. The zero-order valence-corrected chi connectivity index (χ0v) is 18.2. The fourth-order valence-corrected chi connectivity index (χ4v) is 3.76. The van der Waals surface area contributed by atoms with E-state index in [1.54, 1.807) is 0 Å². The number of anilines is 1. The highest BCUT2D eigenvalue weighted by atomic mass is 79.9. The van der Waals surface area contributed by atoms with Gasteiger partial charge in [0.15, 0.2) is 12.4 Å². The maximum atomic E-state index is 13.2. The number of halogens is 4.